The normalized spacial score (nSPS) is 38.8. The van der Waals surface area contributed by atoms with Gasteiger partial charge in [-0.05, 0) is 44.1 Å². The van der Waals surface area contributed by atoms with Crippen molar-refractivity contribution >= 4 is 11.8 Å². The van der Waals surface area contributed by atoms with Gasteiger partial charge in [-0.2, -0.15) is 11.8 Å². The number of hydrogen-bond donors (Lipinski definition) is 1. The van der Waals surface area contributed by atoms with E-state index in [0.29, 0.717) is 11.5 Å². The molecule has 1 aliphatic carbocycles. The molecule has 1 N–H and O–H groups in total. The first-order valence-electron chi connectivity index (χ1n) is 5.74. The summed E-state index contributed by atoms with van der Waals surface area (Å²) in [5, 5.41) is 3.75. The van der Waals surface area contributed by atoms with E-state index in [1.165, 1.54) is 37.2 Å². The molecule has 3 fully saturated rings. The van der Waals surface area contributed by atoms with Crippen molar-refractivity contribution in [1.29, 1.82) is 0 Å². The molecule has 0 aromatic rings. The molecular weight excluding hydrogens is 194 g/mol. The van der Waals surface area contributed by atoms with Crippen LogP contribution in [0.15, 0.2) is 0 Å². The Morgan fingerprint density at radius 3 is 2.50 bits per heavy atom. The Labute approximate surface area is 90.2 Å². The molecule has 3 aliphatic rings. The van der Waals surface area contributed by atoms with Crippen molar-refractivity contribution in [3.05, 3.63) is 0 Å². The third kappa shape index (κ3) is 1.41. The Morgan fingerprint density at radius 2 is 1.93 bits per heavy atom. The quantitative estimate of drug-likeness (QED) is 0.665. The molecule has 1 atom stereocenters. The molecule has 0 bridgehead atoms. The zero-order valence-corrected chi connectivity index (χ0v) is 9.66. The van der Waals surface area contributed by atoms with Crippen LogP contribution in [0.25, 0.3) is 0 Å². The first-order chi connectivity index (χ1) is 6.75. The van der Waals surface area contributed by atoms with Crippen LogP contribution < -0.4 is 5.32 Å². The minimum absolute atomic E-state index is 0.0541. The highest BCUT2D eigenvalue weighted by Crippen LogP contribution is 2.52. The lowest BCUT2D eigenvalue weighted by atomic mass is 9.92. The molecule has 0 aromatic heterocycles. The van der Waals surface area contributed by atoms with Crippen LogP contribution in [-0.2, 0) is 4.74 Å². The molecular formula is C11H19NOS. The maximum Gasteiger partial charge on any atom is 0.121 e. The van der Waals surface area contributed by atoms with Gasteiger partial charge in [0.1, 0.15) is 5.72 Å². The minimum atomic E-state index is 0.0541. The lowest BCUT2D eigenvalue weighted by Gasteiger charge is -2.47. The van der Waals surface area contributed by atoms with Crippen molar-refractivity contribution in [2.75, 3.05) is 18.1 Å². The molecule has 3 rings (SSSR count). The van der Waals surface area contributed by atoms with Crippen molar-refractivity contribution < 1.29 is 4.74 Å². The third-order valence-electron chi connectivity index (χ3n) is 4.23. The van der Waals surface area contributed by atoms with Crippen molar-refractivity contribution in [3.8, 4) is 0 Å². The number of nitrogens with one attached hydrogen (secondary N) is 1. The second kappa shape index (κ2) is 3.13. The van der Waals surface area contributed by atoms with Crippen molar-refractivity contribution in [2.45, 2.75) is 44.4 Å². The van der Waals surface area contributed by atoms with Crippen molar-refractivity contribution in [3.63, 3.8) is 0 Å². The van der Waals surface area contributed by atoms with Crippen LogP contribution in [0.2, 0.25) is 0 Å². The van der Waals surface area contributed by atoms with Gasteiger partial charge in [0.25, 0.3) is 0 Å². The van der Waals surface area contributed by atoms with E-state index >= 15 is 0 Å². The minimum Gasteiger partial charge on any atom is -0.360 e. The average molecular weight is 213 g/mol. The van der Waals surface area contributed by atoms with E-state index in [0.717, 1.165) is 6.61 Å². The van der Waals surface area contributed by atoms with Crippen molar-refractivity contribution in [2.24, 2.45) is 5.41 Å². The Kier molecular flexibility index (Phi) is 2.12. The molecule has 0 radical (unpaired) electrons. The number of ether oxygens (including phenoxy) is 1. The average Bonchev–Trinajstić information content (AvgIpc) is 2.96. The number of rotatable bonds is 0. The molecule has 1 saturated carbocycles. The highest BCUT2D eigenvalue weighted by molar-refractivity contribution is 7.99. The van der Waals surface area contributed by atoms with Gasteiger partial charge in [-0.3, -0.25) is 5.32 Å². The highest BCUT2D eigenvalue weighted by Gasteiger charge is 2.54. The third-order valence-corrected chi connectivity index (χ3v) is 5.21. The van der Waals surface area contributed by atoms with E-state index in [1.807, 2.05) is 0 Å². The molecule has 14 heavy (non-hydrogen) atoms. The molecule has 2 aliphatic heterocycles. The molecule has 0 amide bonds. The van der Waals surface area contributed by atoms with Gasteiger partial charge < -0.3 is 4.74 Å². The lowest BCUT2D eigenvalue weighted by molar-refractivity contribution is -0.142. The second-order valence-corrected chi connectivity index (χ2v) is 6.35. The van der Waals surface area contributed by atoms with Crippen LogP contribution in [0.1, 0.15) is 32.6 Å². The summed E-state index contributed by atoms with van der Waals surface area (Å²) in [6, 6.07) is 0.666. The Morgan fingerprint density at radius 1 is 1.21 bits per heavy atom. The largest absolute Gasteiger partial charge is 0.360 e. The van der Waals surface area contributed by atoms with Crippen LogP contribution >= 0.6 is 11.8 Å². The van der Waals surface area contributed by atoms with E-state index in [9.17, 15) is 0 Å². The van der Waals surface area contributed by atoms with Gasteiger partial charge in [0.2, 0.25) is 0 Å². The zero-order chi connectivity index (χ0) is 9.65. The summed E-state index contributed by atoms with van der Waals surface area (Å²) in [7, 11) is 0. The number of hydrogen-bond acceptors (Lipinski definition) is 3. The molecule has 2 saturated heterocycles. The summed E-state index contributed by atoms with van der Waals surface area (Å²) in [5.41, 5.74) is 0.578. The Balaban J connectivity index is 1.71. The van der Waals surface area contributed by atoms with Gasteiger partial charge in [-0.25, -0.2) is 0 Å². The predicted molar refractivity (Wildman–Crippen MR) is 59.5 cm³/mol. The van der Waals surface area contributed by atoms with Crippen LogP contribution in [-0.4, -0.2) is 29.9 Å². The van der Waals surface area contributed by atoms with Gasteiger partial charge in [0, 0.05) is 11.5 Å². The van der Waals surface area contributed by atoms with Crippen molar-refractivity contribution in [1.82, 2.24) is 5.32 Å². The van der Waals surface area contributed by atoms with Crippen LogP contribution in [0, 0.1) is 5.41 Å². The summed E-state index contributed by atoms with van der Waals surface area (Å²) in [6.07, 6.45) is 5.12. The fraction of sp³-hybridized carbons (Fsp3) is 1.00. The van der Waals surface area contributed by atoms with Crippen LogP contribution in [0.3, 0.4) is 0 Å². The molecule has 1 unspecified atom stereocenters. The van der Waals surface area contributed by atoms with Crippen LogP contribution in [0.5, 0.6) is 0 Å². The van der Waals surface area contributed by atoms with E-state index in [2.05, 4.69) is 24.0 Å². The summed E-state index contributed by atoms with van der Waals surface area (Å²) >= 11 is 2.06. The fourth-order valence-corrected chi connectivity index (χ4v) is 3.88. The lowest BCUT2D eigenvalue weighted by Crippen LogP contribution is -2.61. The van der Waals surface area contributed by atoms with E-state index < -0.39 is 0 Å². The van der Waals surface area contributed by atoms with Crippen LogP contribution in [0.4, 0.5) is 0 Å². The summed E-state index contributed by atoms with van der Waals surface area (Å²) in [5.74, 6) is 2.51. The smallest absolute Gasteiger partial charge is 0.121 e. The first kappa shape index (κ1) is 9.49. The topological polar surface area (TPSA) is 21.3 Å². The summed E-state index contributed by atoms with van der Waals surface area (Å²) in [6.45, 7) is 3.35. The molecule has 2 spiro atoms. The molecule has 80 valence electrons. The van der Waals surface area contributed by atoms with Gasteiger partial charge in [0.15, 0.2) is 0 Å². The summed E-state index contributed by atoms with van der Waals surface area (Å²) < 4.78 is 6.13. The van der Waals surface area contributed by atoms with Gasteiger partial charge in [0.05, 0.1) is 6.61 Å². The number of thioether (sulfide) groups is 1. The standard InChI is InChI=1S/C11H19NOS/c1-9-10(2-3-10)8-13-11(12-9)4-6-14-7-5-11/h9,12H,2-8H2,1H3. The Hall–Kier alpha value is 0.270. The van der Waals surface area contributed by atoms with Gasteiger partial charge >= 0.3 is 0 Å². The SMILES string of the molecule is CC1NC2(CCSCC2)OCC12CC2. The first-order valence-corrected chi connectivity index (χ1v) is 6.90. The maximum atomic E-state index is 6.13. The molecule has 2 nitrogen and oxygen atoms in total. The second-order valence-electron chi connectivity index (χ2n) is 5.12. The molecule has 2 heterocycles. The monoisotopic (exact) mass is 213 g/mol. The fourth-order valence-electron chi connectivity index (χ4n) is 2.72. The molecule has 3 heteroatoms. The van der Waals surface area contributed by atoms with Gasteiger partial charge in [-0.1, -0.05) is 0 Å². The maximum absolute atomic E-state index is 6.13. The van der Waals surface area contributed by atoms with Gasteiger partial charge in [-0.15, -0.1) is 0 Å². The van der Waals surface area contributed by atoms with E-state index in [1.54, 1.807) is 0 Å². The zero-order valence-electron chi connectivity index (χ0n) is 8.84. The van der Waals surface area contributed by atoms with E-state index in [4.69, 9.17) is 4.74 Å². The highest BCUT2D eigenvalue weighted by atomic mass is 32.2. The molecule has 0 aromatic carbocycles. The predicted octanol–water partition coefficient (Wildman–Crippen LogP) is 2.00. The van der Waals surface area contributed by atoms with E-state index in [-0.39, 0.29) is 5.72 Å². The summed E-state index contributed by atoms with van der Waals surface area (Å²) in [4.78, 5) is 0. The Bertz CT molecular complexity index is 233.